The molecule has 0 saturated heterocycles. The molecule has 0 saturated carbocycles. The zero-order valence-corrected chi connectivity index (χ0v) is 10.4. The Kier molecular flexibility index (Phi) is 3.37. The fraction of sp³-hybridized carbons (Fsp3) is 0.417. The first-order valence-electron chi connectivity index (χ1n) is 5.81. The minimum absolute atomic E-state index is 0.350. The first kappa shape index (κ1) is 11.6. The van der Waals surface area contributed by atoms with Crippen molar-refractivity contribution < 1.29 is 0 Å². The third-order valence-electron chi connectivity index (χ3n) is 2.45. The fourth-order valence-electron chi connectivity index (χ4n) is 1.59. The third kappa shape index (κ3) is 2.43. The summed E-state index contributed by atoms with van der Waals surface area (Å²) >= 11 is 0. The van der Waals surface area contributed by atoms with Crippen LogP contribution in [0.4, 0.5) is 5.82 Å². The van der Waals surface area contributed by atoms with Crippen molar-refractivity contribution in [1.29, 1.82) is 0 Å². The standard InChI is InChI=1S/C12H17N5/c1-4-13-12-11(14-5-6-15-12)10-7-16-17(8-10)9(2)3/h5-9H,4H2,1-3H3,(H,13,15). The summed E-state index contributed by atoms with van der Waals surface area (Å²) in [5, 5.41) is 7.52. The van der Waals surface area contributed by atoms with E-state index >= 15 is 0 Å². The van der Waals surface area contributed by atoms with E-state index in [1.54, 1.807) is 12.4 Å². The second-order valence-corrected chi connectivity index (χ2v) is 4.09. The van der Waals surface area contributed by atoms with E-state index in [1.165, 1.54) is 0 Å². The molecule has 0 aromatic carbocycles. The van der Waals surface area contributed by atoms with Crippen LogP contribution in [0.5, 0.6) is 0 Å². The number of hydrogen-bond acceptors (Lipinski definition) is 4. The van der Waals surface area contributed by atoms with Crippen LogP contribution in [-0.2, 0) is 0 Å². The van der Waals surface area contributed by atoms with Crippen molar-refractivity contribution in [3.05, 3.63) is 24.8 Å². The monoisotopic (exact) mass is 231 g/mol. The Balaban J connectivity index is 2.38. The summed E-state index contributed by atoms with van der Waals surface area (Å²) in [5.74, 6) is 0.804. The minimum atomic E-state index is 0.350. The van der Waals surface area contributed by atoms with Gasteiger partial charge in [0.2, 0.25) is 0 Å². The van der Waals surface area contributed by atoms with E-state index in [4.69, 9.17) is 0 Å². The molecule has 0 unspecified atom stereocenters. The summed E-state index contributed by atoms with van der Waals surface area (Å²) in [6, 6.07) is 0.350. The molecule has 0 aliphatic carbocycles. The molecule has 0 aliphatic rings. The summed E-state index contributed by atoms with van der Waals surface area (Å²) < 4.78 is 1.92. The third-order valence-corrected chi connectivity index (χ3v) is 2.45. The van der Waals surface area contributed by atoms with Gasteiger partial charge in [-0.3, -0.25) is 9.67 Å². The maximum Gasteiger partial charge on any atom is 0.152 e. The van der Waals surface area contributed by atoms with E-state index in [0.717, 1.165) is 23.6 Å². The van der Waals surface area contributed by atoms with Gasteiger partial charge in [-0.25, -0.2) is 4.98 Å². The largest absolute Gasteiger partial charge is 0.369 e. The van der Waals surface area contributed by atoms with E-state index in [9.17, 15) is 0 Å². The molecular formula is C12H17N5. The summed E-state index contributed by atoms with van der Waals surface area (Å²) in [7, 11) is 0. The van der Waals surface area contributed by atoms with Crippen molar-refractivity contribution in [3.63, 3.8) is 0 Å². The molecule has 0 amide bonds. The van der Waals surface area contributed by atoms with E-state index in [1.807, 2.05) is 24.0 Å². The Bertz CT molecular complexity index is 489. The van der Waals surface area contributed by atoms with Crippen LogP contribution in [0.15, 0.2) is 24.8 Å². The number of rotatable bonds is 4. The molecule has 0 radical (unpaired) electrons. The molecule has 0 bridgehead atoms. The van der Waals surface area contributed by atoms with Crippen molar-refractivity contribution in [2.75, 3.05) is 11.9 Å². The Morgan fingerprint density at radius 1 is 1.29 bits per heavy atom. The Hall–Kier alpha value is -1.91. The van der Waals surface area contributed by atoms with Crippen LogP contribution in [0.1, 0.15) is 26.8 Å². The molecule has 5 nitrogen and oxygen atoms in total. The van der Waals surface area contributed by atoms with E-state index in [2.05, 4.69) is 34.2 Å². The second kappa shape index (κ2) is 4.95. The summed E-state index contributed by atoms with van der Waals surface area (Å²) in [5.41, 5.74) is 1.84. The topological polar surface area (TPSA) is 55.6 Å². The van der Waals surface area contributed by atoms with Gasteiger partial charge in [0.05, 0.1) is 6.20 Å². The van der Waals surface area contributed by atoms with Gasteiger partial charge in [-0.2, -0.15) is 5.10 Å². The van der Waals surface area contributed by atoms with Crippen LogP contribution in [0.2, 0.25) is 0 Å². The average molecular weight is 231 g/mol. The van der Waals surface area contributed by atoms with Gasteiger partial charge in [0.1, 0.15) is 5.69 Å². The molecule has 0 spiro atoms. The quantitative estimate of drug-likeness (QED) is 0.877. The number of hydrogen-bond donors (Lipinski definition) is 1. The molecule has 1 N–H and O–H groups in total. The maximum absolute atomic E-state index is 4.36. The molecule has 2 aromatic heterocycles. The van der Waals surface area contributed by atoms with Crippen molar-refractivity contribution in [1.82, 2.24) is 19.7 Å². The van der Waals surface area contributed by atoms with Gasteiger partial charge >= 0.3 is 0 Å². The van der Waals surface area contributed by atoms with Gasteiger partial charge in [-0.05, 0) is 20.8 Å². The van der Waals surface area contributed by atoms with Crippen LogP contribution in [0.25, 0.3) is 11.3 Å². The molecule has 0 aliphatic heterocycles. The lowest BCUT2D eigenvalue weighted by molar-refractivity contribution is 0.532. The average Bonchev–Trinajstić information content (AvgIpc) is 2.79. The zero-order chi connectivity index (χ0) is 12.3. The SMILES string of the molecule is CCNc1nccnc1-c1cnn(C(C)C)c1. The highest BCUT2D eigenvalue weighted by atomic mass is 15.3. The molecule has 0 atom stereocenters. The highest BCUT2D eigenvalue weighted by molar-refractivity contribution is 5.69. The fourth-order valence-corrected chi connectivity index (χ4v) is 1.59. The first-order valence-corrected chi connectivity index (χ1v) is 5.81. The van der Waals surface area contributed by atoms with Crippen molar-refractivity contribution >= 4 is 5.82 Å². The van der Waals surface area contributed by atoms with E-state index < -0.39 is 0 Å². The molecule has 2 rings (SSSR count). The normalized spacial score (nSPS) is 10.8. The summed E-state index contributed by atoms with van der Waals surface area (Å²) in [6.07, 6.45) is 7.21. The van der Waals surface area contributed by atoms with Crippen molar-refractivity contribution in [3.8, 4) is 11.3 Å². The van der Waals surface area contributed by atoms with Crippen LogP contribution in [-0.4, -0.2) is 26.3 Å². The molecule has 0 fully saturated rings. The minimum Gasteiger partial charge on any atom is -0.369 e. The highest BCUT2D eigenvalue weighted by Gasteiger charge is 2.10. The molecule has 2 aromatic rings. The maximum atomic E-state index is 4.36. The number of anilines is 1. The second-order valence-electron chi connectivity index (χ2n) is 4.09. The van der Waals surface area contributed by atoms with Crippen LogP contribution >= 0.6 is 0 Å². The summed E-state index contributed by atoms with van der Waals surface area (Å²) in [4.78, 5) is 8.65. The smallest absolute Gasteiger partial charge is 0.152 e. The van der Waals surface area contributed by atoms with Gasteiger partial charge < -0.3 is 5.32 Å². The Morgan fingerprint density at radius 2 is 2.06 bits per heavy atom. The predicted octanol–water partition coefficient (Wildman–Crippen LogP) is 2.35. The van der Waals surface area contributed by atoms with Gasteiger partial charge in [-0.15, -0.1) is 0 Å². The van der Waals surface area contributed by atoms with Gasteiger partial charge in [0, 0.05) is 36.7 Å². The van der Waals surface area contributed by atoms with Gasteiger partial charge in [-0.1, -0.05) is 0 Å². The number of nitrogens with zero attached hydrogens (tertiary/aromatic N) is 4. The number of nitrogens with one attached hydrogen (secondary N) is 1. The van der Waals surface area contributed by atoms with Crippen LogP contribution in [0, 0.1) is 0 Å². The first-order chi connectivity index (χ1) is 8.22. The Labute approximate surface area is 101 Å². The predicted molar refractivity (Wildman–Crippen MR) is 67.8 cm³/mol. The Morgan fingerprint density at radius 3 is 2.71 bits per heavy atom. The number of aromatic nitrogens is 4. The molecule has 17 heavy (non-hydrogen) atoms. The lowest BCUT2D eigenvalue weighted by atomic mass is 10.2. The van der Waals surface area contributed by atoms with Crippen molar-refractivity contribution in [2.24, 2.45) is 0 Å². The van der Waals surface area contributed by atoms with Gasteiger partial charge in [0.25, 0.3) is 0 Å². The highest BCUT2D eigenvalue weighted by Crippen LogP contribution is 2.23. The summed E-state index contributed by atoms with van der Waals surface area (Å²) in [6.45, 7) is 7.05. The van der Waals surface area contributed by atoms with E-state index in [-0.39, 0.29) is 0 Å². The van der Waals surface area contributed by atoms with Crippen LogP contribution < -0.4 is 5.32 Å². The lowest BCUT2D eigenvalue weighted by Crippen LogP contribution is -2.02. The lowest BCUT2D eigenvalue weighted by Gasteiger charge is -2.06. The molecule has 2 heterocycles. The van der Waals surface area contributed by atoms with Gasteiger partial charge in [0.15, 0.2) is 5.82 Å². The van der Waals surface area contributed by atoms with Crippen LogP contribution in [0.3, 0.4) is 0 Å². The van der Waals surface area contributed by atoms with Crippen molar-refractivity contribution in [2.45, 2.75) is 26.8 Å². The molecule has 90 valence electrons. The molecular weight excluding hydrogens is 214 g/mol. The van der Waals surface area contributed by atoms with E-state index in [0.29, 0.717) is 6.04 Å². The zero-order valence-electron chi connectivity index (χ0n) is 10.4. The molecule has 5 heteroatoms.